The van der Waals surface area contributed by atoms with Crippen LogP contribution in [0.25, 0.3) is 0 Å². The lowest BCUT2D eigenvalue weighted by Crippen LogP contribution is -2.47. The van der Waals surface area contributed by atoms with Crippen molar-refractivity contribution in [2.45, 2.75) is 38.1 Å². The summed E-state index contributed by atoms with van der Waals surface area (Å²) < 4.78 is 0. The molecule has 0 radical (unpaired) electrons. The quantitative estimate of drug-likeness (QED) is 0.781. The molecule has 4 heteroatoms. The summed E-state index contributed by atoms with van der Waals surface area (Å²) in [5.41, 5.74) is 0.0930. The summed E-state index contributed by atoms with van der Waals surface area (Å²) in [6.07, 6.45) is 8.57. The summed E-state index contributed by atoms with van der Waals surface area (Å²) in [6.45, 7) is 3.03. The summed E-state index contributed by atoms with van der Waals surface area (Å²) in [5, 5.41) is 3.35. The van der Waals surface area contributed by atoms with Gasteiger partial charge in [-0.25, -0.2) is 4.98 Å². The first-order valence-electron chi connectivity index (χ1n) is 5.84. The maximum atomic E-state index is 12.4. The predicted molar refractivity (Wildman–Crippen MR) is 61.2 cm³/mol. The minimum atomic E-state index is -0.384. The summed E-state index contributed by atoms with van der Waals surface area (Å²) in [7, 11) is 0. The number of hydrogen-bond acceptors (Lipinski definition) is 4. The van der Waals surface area contributed by atoms with Crippen molar-refractivity contribution in [3.05, 3.63) is 24.3 Å². The van der Waals surface area contributed by atoms with Gasteiger partial charge < -0.3 is 5.32 Å². The van der Waals surface area contributed by atoms with E-state index in [1.807, 2.05) is 0 Å². The molecule has 16 heavy (non-hydrogen) atoms. The van der Waals surface area contributed by atoms with Gasteiger partial charge in [-0.05, 0) is 25.8 Å². The third-order valence-corrected chi connectivity index (χ3v) is 3.15. The van der Waals surface area contributed by atoms with Gasteiger partial charge in [0.1, 0.15) is 5.69 Å². The molecule has 0 saturated carbocycles. The van der Waals surface area contributed by atoms with Crippen molar-refractivity contribution < 1.29 is 4.79 Å². The minimum absolute atomic E-state index is 0.0972. The Morgan fingerprint density at radius 2 is 2.44 bits per heavy atom. The number of nitrogens with zero attached hydrogens (tertiary/aromatic N) is 2. The zero-order valence-electron chi connectivity index (χ0n) is 9.57. The highest BCUT2D eigenvalue weighted by Gasteiger charge is 2.40. The second-order valence-electron chi connectivity index (χ2n) is 4.28. The average molecular weight is 219 g/mol. The van der Waals surface area contributed by atoms with E-state index in [0.717, 1.165) is 32.2 Å². The Morgan fingerprint density at radius 1 is 1.56 bits per heavy atom. The molecule has 2 heterocycles. The highest BCUT2D eigenvalue weighted by Crippen LogP contribution is 2.27. The topological polar surface area (TPSA) is 54.9 Å². The zero-order chi connectivity index (χ0) is 11.4. The molecule has 86 valence electrons. The van der Waals surface area contributed by atoms with Gasteiger partial charge in [0.25, 0.3) is 0 Å². The third kappa shape index (κ3) is 1.97. The zero-order valence-corrected chi connectivity index (χ0v) is 9.57. The Hall–Kier alpha value is -1.29. The van der Waals surface area contributed by atoms with E-state index in [2.05, 4.69) is 22.2 Å². The van der Waals surface area contributed by atoms with Crippen molar-refractivity contribution in [1.82, 2.24) is 15.3 Å². The fourth-order valence-electron chi connectivity index (χ4n) is 2.42. The Balaban J connectivity index is 2.24. The Labute approximate surface area is 95.5 Å². The molecule has 1 unspecified atom stereocenters. The van der Waals surface area contributed by atoms with Crippen molar-refractivity contribution in [1.29, 1.82) is 0 Å². The Kier molecular flexibility index (Phi) is 3.29. The smallest absolute Gasteiger partial charge is 0.202 e. The van der Waals surface area contributed by atoms with Crippen LogP contribution in [-0.2, 0) is 0 Å². The molecule has 1 atom stereocenters. The highest BCUT2D eigenvalue weighted by molar-refractivity contribution is 6.01. The molecule has 1 fully saturated rings. The van der Waals surface area contributed by atoms with E-state index in [0.29, 0.717) is 5.69 Å². The molecule has 0 bridgehead atoms. The van der Waals surface area contributed by atoms with Gasteiger partial charge in [-0.3, -0.25) is 9.78 Å². The average Bonchev–Trinajstić information content (AvgIpc) is 2.80. The molecule has 1 aliphatic rings. The van der Waals surface area contributed by atoms with Gasteiger partial charge in [0.15, 0.2) is 0 Å². The standard InChI is InChI=1S/C12H17N3O/c1-2-4-12(5-3-6-15-12)11(16)10-9-13-7-8-14-10/h7-9,15H,2-6H2,1H3. The molecular weight excluding hydrogens is 202 g/mol. The molecule has 0 amide bonds. The number of carbonyl (C=O) groups excluding carboxylic acids is 1. The van der Waals surface area contributed by atoms with Crippen LogP contribution in [0.5, 0.6) is 0 Å². The van der Waals surface area contributed by atoms with Gasteiger partial charge in [0, 0.05) is 12.4 Å². The number of nitrogens with one attached hydrogen (secondary N) is 1. The summed E-state index contributed by atoms with van der Waals surface area (Å²) >= 11 is 0. The van der Waals surface area contributed by atoms with Gasteiger partial charge in [0.05, 0.1) is 11.7 Å². The molecule has 1 saturated heterocycles. The van der Waals surface area contributed by atoms with Crippen LogP contribution in [0.1, 0.15) is 43.1 Å². The molecule has 1 aromatic heterocycles. The van der Waals surface area contributed by atoms with Crippen molar-refractivity contribution in [2.75, 3.05) is 6.54 Å². The number of aromatic nitrogens is 2. The number of hydrogen-bond donors (Lipinski definition) is 1. The van der Waals surface area contributed by atoms with Gasteiger partial charge >= 0.3 is 0 Å². The normalized spacial score (nSPS) is 24.6. The number of rotatable bonds is 4. The maximum absolute atomic E-state index is 12.4. The van der Waals surface area contributed by atoms with Crippen LogP contribution in [0.3, 0.4) is 0 Å². The minimum Gasteiger partial charge on any atom is -0.305 e. The molecule has 0 aromatic carbocycles. The number of Topliss-reactive ketones (excluding diaryl/α,β-unsaturated/α-hetero) is 1. The largest absolute Gasteiger partial charge is 0.305 e. The maximum Gasteiger partial charge on any atom is 0.202 e. The SMILES string of the molecule is CCCC1(C(=O)c2cnccn2)CCCN1. The summed E-state index contributed by atoms with van der Waals surface area (Å²) in [5.74, 6) is 0.0972. The van der Waals surface area contributed by atoms with E-state index in [4.69, 9.17) is 0 Å². The molecule has 0 aliphatic carbocycles. The Morgan fingerprint density at radius 3 is 3.00 bits per heavy atom. The lowest BCUT2D eigenvalue weighted by molar-refractivity contribution is 0.0852. The number of ketones is 1. The van der Waals surface area contributed by atoms with Crippen molar-refractivity contribution >= 4 is 5.78 Å². The van der Waals surface area contributed by atoms with E-state index < -0.39 is 0 Å². The molecule has 1 aliphatic heterocycles. The first kappa shape index (κ1) is 11.2. The summed E-state index contributed by atoms with van der Waals surface area (Å²) in [4.78, 5) is 20.4. The van der Waals surface area contributed by atoms with E-state index in [1.54, 1.807) is 18.6 Å². The fourth-order valence-corrected chi connectivity index (χ4v) is 2.42. The van der Waals surface area contributed by atoms with Crippen LogP contribution in [0.4, 0.5) is 0 Å². The van der Waals surface area contributed by atoms with E-state index in [1.165, 1.54) is 0 Å². The monoisotopic (exact) mass is 219 g/mol. The van der Waals surface area contributed by atoms with Gasteiger partial charge in [-0.1, -0.05) is 13.3 Å². The first-order valence-corrected chi connectivity index (χ1v) is 5.84. The lowest BCUT2D eigenvalue weighted by atomic mass is 9.86. The number of carbonyl (C=O) groups is 1. The Bertz CT molecular complexity index is 358. The third-order valence-electron chi connectivity index (χ3n) is 3.15. The second-order valence-corrected chi connectivity index (χ2v) is 4.28. The summed E-state index contributed by atoms with van der Waals surface area (Å²) in [6, 6.07) is 0. The van der Waals surface area contributed by atoms with Crippen LogP contribution in [0, 0.1) is 0 Å². The fraction of sp³-hybridized carbons (Fsp3) is 0.583. The van der Waals surface area contributed by atoms with Gasteiger partial charge in [-0.15, -0.1) is 0 Å². The van der Waals surface area contributed by atoms with Gasteiger partial charge in [-0.2, -0.15) is 0 Å². The van der Waals surface area contributed by atoms with Crippen LogP contribution < -0.4 is 5.32 Å². The van der Waals surface area contributed by atoms with Crippen LogP contribution in [0.15, 0.2) is 18.6 Å². The molecule has 2 rings (SSSR count). The van der Waals surface area contributed by atoms with Crippen LogP contribution >= 0.6 is 0 Å². The molecule has 1 N–H and O–H groups in total. The van der Waals surface area contributed by atoms with E-state index in [9.17, 15) is 4.79 Å². The van der Waals surface area contributed by atoms with Gasteiger partial charge in [0.2, 0.25) is 5.78 Å². The molecular formula is C12H17N3O. The lowest BCUT2D eigenvalue weighted by Gasteiger charge is -2.26. The van der Waals surface area contributed by atoms with Crippen LogP contribution in [0.2, 0.25) is 0 Å². The van der Waals surface area contributed by atoms with Crippen molar-refractivity contribution in [2.24, 2.45) is 0 Å². The van der Waals surface area contributed by atoms with Crippen molar-refractivity contribution in [3.63, 3.8) is 0 Å². The molecule has 4 nitrogen and oxygen atoms in total. The molecule has 1 aromatic rings. The van der Waals surface area contributed by atoms with E-state index in [-0.39, 0.29) is 11.3 Å². The van der Waals surface area contributed by atoms with Crippen molar-refractivity contribution in [3.8, 4) is 0 Å². The van der Waals surface area contributed by atoms with E-state index >= 15 is 0 Å². The highest BCUT2D eigenvalue weighted by atomic mass is 16.1. The van der Waals surface area contributed by atoms with Crippen LogP contribution in [-0.4, -0.2) is 27.8 Å². The second kappa shape index (κ2) is 4.70. The first-order chi connectivity index (χ1) is 7.78. The predicted octanol–water partition coefficient (Wildman–Crippen LogP) is 1.58. The molecule has 0 spiro atoms.